The van der Waals surface area contributed by atoms with Crippen molar-refractivity contribution >= 4 is 5.97 Å². The molecule has 1 aromatic carbocycles. The van der Waals surface area contributed by atoms with Crippen molar-refractivity contribution in [2.24, 2.45) is 0 Å². The molecule has 0 N–H and O–H groups in total. The molecule has 0 spiro atoms. The number of carbonyl (C=O) groups is 1. The predicted octanol–water partition coefficient (Wildman–Crippen LogP) is 4.42. The molecule has 0 amide bonds. The van der Waals surface area contributed by atoms with Crippen LogP contribution >= 0.6 is 0 Å². The molecule has 28 heavy (non-hydrogen) atoms. The first-order valence-electron chi connectivity index (χ1n) is 9.57. The minimum absolute atomic E-state index is 0.0158. The normalized spacial score (nSPS) is 16.2. The van der Waals surface area contributed by atoms with Gasteiger partial charge in [-0.15, -0.1) is 0 Å². The maximum atomic E-state index is 11.5. The molecule has 146 valence electrons. The molecule has 2 heterocycles. The van der Waals surface area contributed by atoms with Gasteiger partial charge in [0.05, 0.1) is 5.56 Å². The lowest BCUT2D eigenvalue weighted by atomic mass is 9.73. The summed E-state index contributed by atoms with van der Waals surface area (Å²) >= 11 is 0. The van der Waals surface area contributed by atoms with E-state index in [1.165, 1.54) is 5.56 Å². The molecule has 2 aromatic rings. The van der Waals surface area contributed by atoms with Crippen molar-refractivity contribution in [1.29, 1.82) is 0 Å². The Balaban J connectivity index is 1.77. The third kappa shape index (κ3) is 4.69. The third-order valence-corrected chi connectivity index (χ3v) is 4.60. The summed E-state index contributed by atoms with van der Waals surface area (Å²) in [6, 6.07) is 6.11. The van der Waals surface area contributed by atoms with E-state index >= 15 is 0 Å². The molecule has 0 atom stereocenters. The number of carbonyl (C=O) groups excluding carboxylic acids is 1. The first-order chi connectivity index (χ1) is 13.2. The molecular formula is C23H26N2O3. The SMILES string of the molecule is CCCC(=O)Oc1ncc(C#Cc2ccc3c(c2)C(C)(C)CC(C)(C)O3)cn1. The van der Waals surface area contributed by atoms with Crippen LogP contribution in [0.4, 0.5) is 0 Å². The van der Waals surface area contributed by atoms with Crippen LogP contribution in [0.25, 0.3) is 0 Å². The first-order valence-corrected chi connectivity index (χ1v) is 9.57. The summed E-state index contributed by atoms with van der Waals surface area (Å²) < 4.78 is 11.2. The molecule has 1 aromatic heterocycles. The van der Waals surface area contributed by atoms with Crippen molar-refractivity contribution in [3.63, 3.8) is 0 Å². The van der Waals surface area contributed by atoms with E-state index in [1.807, 2.05) is 19.1 Å². The van der Waals surface area contributed by atoms with E-state index in [-0.39, 0.29) is 23.0 Å². The molecule has 0 bridgehead atoms. The number of esters is 1. The van der Waals surface area contributed by atoms with E-state index in [4.69, 9.17) is 9.47 Å². The van der Waals surface area contributed by atoms with Gasteiger partial charge in [0.1, 0.15) is 11.4 Å². The highest BCUT2D eigenvalue weighted by molar-refractivity contribution is 5.71. The average Bonchev–Trinajstić information content (AvgIpc) is 2.60. The summed E-state index contributed by atoms with van der Waals surface area (Å²) in [5.74, 6) is 6.81. The predicted molar refractivity (Wildman–Crippen MR) is 107 cm³/mol. The Labute approximate surface area is 166 Å². The van der Waals surface area contributed by atoms with Gasteiger partial charge in [-0.2, -0.15) is 0 Å². The number of hydrogen-bond acceptors (Lipinski definition) is 5. The molecule has 5 nitrogen and oxygen atoms in total. The van der Waals surface area contributed by atoms with Crippen LogP contribution < -0.4 is 9.47 Å². The Morgan fingerprint density at radius 2 is 1.82 bits per heavy atom. The van der Waals surface area contributed by atoms with Crippen molar-refractivity contribution in [2.45, 2.75) is 64.9 Å². The van der Waals surface area contributed by atoms with Gasteiger partial charge in [0.15, 0.2) is 0 Å². The van der Waals surface area contributed by atoms with E-state index in [2.05, 4.69) is 55.6 Å². The highest BCUT2D eigenvalue weighted by atomic mass is 16.5. The molecule has 1 aliphatic heterocycles. The number of nitrogens with zero attached hydrogens (tertiary/aromatic N) is 2. The van der Waals surface area contributed by atoms with Gasteiger partial charge in [-0.25, -0.2) is 9.97 Å². The van der Waals surface area contributed by atoms with E-state index in [1.54, 1.807) is 12.4 Å². The molecule has 0 saturated carbocycles. The van der Waals surface area contributed by atoms with Gasteiger partial charge in [0.25, 0.3) is 0 Å². The van der Waals surface area contributed by atoms with Crippen LogP contribution in [0.3, 0.4) is 0 Å². The van der Waals surface area contributed by atoms with Crippen LogP contribution in [0.5, 0.6) is 11.8 Å². The maximum absolute atomic E-state index is 11.5. The number of aromatic nitrogens is 2. The van der Waals surface area contributed by atoms with E-state index in [9.17, 15) is 4.79 Å². The fourth-order valence-corrected chi connectivity index (χ4v) is 3.65. The van der Waals surface area contributed by atoms with Crippen LogP contribution in [0.1, 0.15) is 70.6 Å². The molecular weight excluding hydrogens is 352 g/mol. The van der Waals surface area contributed by atoms with Gasteiger partial charge in [0.2, 0.25) is 0 Å². The fourth-order valence-electron chi connectivity index (χ4n) is 3.65. The summed E-state index contributed by atoms with van der Waals surface area (Å²) in [6.07, 6.45) is 5.13. The fraction of sp³-hybridized carbons (Fsp3) is 0.435. The quantitative estimate of drug-likeness (QED) is 0.584. The summed E-state index contributed by atoms with van der Waals surface area (Å²) in [6.45, 7) is 10.6. The molecule has 1 aliphatic rings. The zero-order valence-electron chi connectivity index (χ0n) is 17.1. The molecule has 0 saturated heterocycles. The Morgan fingerprint density at radius 3 is 2.50 bits per heavy atom. The number of rotatable bonds is 3. The number of fused-ring (bicyclic) bond motifs is 1. The Morgan fingerprint density at radius 1 is 1.14 bits per heavy atom. The Kier molecular flexibility index (Phi) is 5.42. The van der Waals surface area contributed by atoms with Crippen molar-refractivity contribution in [3.05, 3.63) is 47.3 Å². The maximum Gasteiger partial charge on any atom is 0.324 e. The smallest absolute Gasteiger partial charge is 0.324 e. The second kappa shape index (κ2) is 7.63. The van der Waals surface area contributed by atoms with Gasteiger partial charge in [-0.05, 0) is 50.3 Å². The Hall–Kier alpha value is -2.87. The van der Waals surface area contributed by atoms with Crippen molar-refractivity contribution in [1.82, 2.24) is 9.97 Å². The summed E-state index contributed by atoms with van der Waals surface area (Å²) in [7, 11) is 0. The Bertz CT molecular complexity index is 935. The molecule has 0 unspecified atom stereocenters. The molecule has 5 heteroatoms. The van der Waals surface area contributed by atoms with Crippen molar-refractivity contribution < 1.29 is 14.3 Å². The van der Waals surface area contributed by atoms with Crippen LogP contribution in [0.2, 0.25) is 0 Å². The minimum atomic E-state index is -0.330. The topological polar surface area (TPSA) is 61.3 Å². The highest BCUT2D eigenvalue weighted by Crippen LogP contribution is 2.44. The summed E-state index contributed by atoms with van der Waals surface area (Å²) in [5, 5.41) is 0. The van der Waals surface area contributed by atoms with E-state index < -0.39 is 0 Å². The zero-order valence-corrected chi connectivity index (χ0v) is 17.1. The molecule has 0 fully saturated rings. The minimum Gasteiger partial charge on any atom is -0.488 e. The van der Waals surface area contributed by atoms with Gasteiger partial charge >= 0.3 is 12.0 Å². The van der Waals surface area contributed by atoms with Gasteiger partial charge in [-0.3, -0.25) is 4.79 Å². The molecule has 3 rings (SSSR count). The largest absolute Gasteiger partial charge is 0.488 e. The van der Waals surface area contributed by atoms with Crippen LogP contribution in [0, 0.1) is 11.8 Å². The van der Waals surface area contributed by atoms with E-state index in [0.29, 0.717) is 12.0 Å². The van der Waals surface area contributed by atoms with Gasteiger partial charge in [-0.1, -0.05) is 32.6 Å². The number of benzene rings is 1. The summed E-state index contributed by atoms with van der Waals surface area (Å²) in [5.41, 5.74) is 2.58. The standard InChI is InChI=1S/C23H26N2O3/c1-6-7-20(26)27-21-24-13-17(14-25-21)9-8-16-10-11-19-18(12-16)22(2,3)15-23(4,5)28-19/h10-14H,6-7,15H2,1-5H3. The molecule has 0 aliphatic carbocycles. The number of ether oxygens (including phenoxy) is 2. The first kappa shape index (κ1) is 19.9. The number of hydrogen-bond donors (Lipinski definition) is 0. The monoisotopic (exact) mass is 378 g/mol. The lowest BCUT2D eigenvalue weighted by Gasteiger charge is -2.42. The summed E-state index contributed by atoms with van der Waals surface area (Å²) in [4.78, 5) is 19.6. The van der Waals surface area contributed by atoms with E-state index in [0.717, 1.165) is 24.2 Å². The third-order valence-electron chi connectivity index (χ3n) is 4.60. The van der Waals surface area contributed by atoms with Crippen LogP contribution in [0.15, 0.2) is 30.6 Å². The lowest BCUT2D eigenvalue weighted by molar-refractivity contribution is -0.134. The van der Waals surface area contributed by atoms with Crippen molar-refractivity contribution in [3.8, 4) is 23.6 Å². The zero-order chi connectivity index (χ0) is 20.4. The van der Waals surface area contributed by atoms with Gasteiger partial charge in [0, 0.05) is 29.9 Å². The second-order valence-electron chi connectivity index (χ2n) is 8.36. The lowest BCUT2D eigenvalue weighted by Crippen LogP contribution is -2.41. The molecule has 0 radical (unpaired) electrons. The average molecular weight is 378 g/mol. The van der Waals surface area contributed by atoms with Crippen LogP contribution in [-0.2, 0) is 10.2 Å². The van der Waals surface area contributed by atoms with Gasteiger partial charge < -0.3 is 9.47 Å². The van der Waals surface area contributed by atoms with Crippen molar-refractivity contribution in [2.75, 3.05) is 0 Å². The highest BCUT2D eigenvalue weighted by Gasteiger charge is 2.38. The van der Waals surface area contributed by atoms with Crippen LogP contribution in [-0.4, -0.2) is 21.5 Å². The second-order valence-corrected chi connectivity index (χ2v) is 8.36.